The van der Waals surface area contributed by atoms with Gasteiger partial charge in [-0.25, -0.2) is 0 Å². The van der Waals surface area contributed by atoms with Gasteiger partial charge in [-0.15, -0.1) is 0 Å². The van der Waals surface area contributed by atoms with Crippen LogP contribution < -0.4 is 15.4 Å². The Bertz CT molecular complexity index is 1190. The van der Waals surface area contributed by atoms with Crippen molar-refractivity contribution >= 4 is 34.6 Å². The predicted molar refractivity (Wildman–Crippen MR) is 132 cm³/mol. The number of nitro groups is 2. The standard InChI is InChI=1S/C24H23N5O7/c1-36-22-10-8-17(9-11-22)14-27(15-23(30)25-18-4-2-6-20(12-18)28(32)33)16-24(31)26-19-5-3-7-21(13-19)29(34)35/h2-13H,14-16H2,1H3,(H,25,30)(H,26,31). The van der Waals surface area contributed by atoms with E-state index in [-0.39, 0.29) is 42.4 Å². The average molecular weight is 493 g/mol. The van der Waals surface area contributed by atoms with E-state index in [0.717, 1.165) is 5.56 Å². The molecule has 3 rings (SSSR count). The summed E-state index contributed by atoms with van der Waals surface area (Å²) in [6.45, 7) is -0.164. The fraction of sp³-hybridized carbons (Fsp3) is 0.167. The molecule has 2 amide bonds. The quantitative estimate of drug-likeness (QED) is 0.303. The molecule has 0 fully saturated rings. The van der Waals surface area contributed by atoms with E-state index in [2.05, 4.69) is 10.6 Å². The number of hydrogen-bond acceptors (Lipinski definition) is 8. The van der Waals surface area contributed by atoms with Crippen LogP contribution in [0.2, 0.25) is 0 Å². The first-order chi connectivity index (χ1) is 17.2. The molecule has 12 heteroatoms. The van der Waals surface area contributed by atoms with Crippen molar-refractivity contribution in [2.75, 3.05) is 30.8 Å². The second kappa shape index (κ2) is 12.0. The Hall–Kier alpha value is -4.84. The second-order valence-corrected chi connectivity index (χ2v) is 7.70. The molecular formula is C24H23N5O7. The topological polar surface area (TPSA) is 157 Å². The summed E-state index contributed by atoms with van der Waals surface area (Å²) in [5.41, 5.74) is 0.972. The highest BCUT2D eigenvalue weighted by atomic mass is 16.6. The van der Waals surface area contributed by atoms with Crippen molar-refractivity contribution < 1.29 is 24.2 Å². The SMILES string of the molecule is COc1ccc(CN(CC(=O)Nc2cccc([N+](=O)[O-])c2)CC(=O)Nc2cccc([N+](=O)[O-])c2)cc1. The van der Waals surface area contributed by atoms with Gasteiger partial charge in [0.05, 0.1) is 30.0 Å². The highest BCUT2D eigenvalue weighted by Crippen LogP contribution is 2.19. The van der Waals surface area contributed by atoms with E-state index >= 15 is 0 Å². The fourth-order valence-electron chi connectivity index (χ4n) is 3.36. The van der Waals surface area contributed by atoms with Gasteiger partial charge in [0.15, 0.2) is 0 Å². The van der Waals surface area contributed by atoms with E-state index in [1.165, 1.54) is 55.6 Å². The molecule has 0 atom stereocenters. The maximum Gasteiger partial charge on any atom is 0.271 e. The van der Waals surface area contributed by atoms with Crippen LogP contribution in [0.4, 0.5) is 22.7 Å². The van der Waals surface area contributed by atoms with Crippen LogP contribution in [0.25, 0.3) is 0 Å². The maximum atomic E-state index is 12.7. The normalized spacial score (nSPS) is 10.5. The largest absolute Gasteiger partial charge is 0.497 e. The molecule has 0 radical (unpaired) electrons. The molecule has 0 spiro atoms. The Balaban J connectivity index is 1.72. The first-order valence-electron chi connectivity index (χ1n) is 10.7. The van der Waals surface area contributed by atoms with Gasteiger partial charge in [-0.2, -0.15) is 0 Å². The molecule has 0 saturated heterocycles. The molecule has 0 aliphatic rings. The minimum atomic E-state index is -0.566. The van der Waals surface area contributed by atoms with Crippen molar-refractivity contribution in [2.45, 2.75) is 6.54 Å². The number of non-ortho nitro benzene ring substituents is 2. The summed E-state index contributed by atoms with van der Waals surface area (Å²) in [5.74, 6) is -0.309. The van der Waals surface area contributed by atoms with Crippen LogP contribution in [0, 0.1) is 20.2 Å². The molecule has 0 saturated carbocycles. The summed E-state index contributed by atoms with van der Waals surface area (Å²) in [6.07, 6.45) is 0. The smallest absolute Gasteiger partial charge is 0.271 e. The summed E-state index contributed by atoms with van der Waals surface area (Å²) < 4.78 is 5.15. The molecule has 0 heterocycles. The molecule has 186 valence electrons. The number of methoxy groups -OCH3 is 1. The molecule has 3 aromatic carbocycles. The van der Waals surface area contributed by atoms with E-state index < -0.39 is 21.7 Å². The van der Waals surface area contributed by atoms with Gasteiger partial charge in [0.1, 0.15) is 5.75 Å². The van der Waals surface area contributed by atoms with Crippen LogP contribution in [0.5, 0.6) is 5.75 Å². The van der Waals surface area contributed by atoms with Crippen LogP contribution in [-0.4, -0.2) is 46.8 Å². The first kappa shape index (κ1) is 25.8. The summed E-state index contributed by atoms with van der Waals surface area (Å²) in [5, 5.41) is 27.2. The number of hydrogen-bond donors (Lipinski definition) is 2. The van der Waals surface area contributed by atoms with Gasteiger partial charge < -0.3 is 15.4 Å². The third-order valence-electron chi connectivity index (χ3n) is 4.98. The van der Waals surface area contributed by atoms with E-state index in [1.54, 1.807) is 29.2 Å². The molecule has 0 bridgehead atoms. The van der Waals surface area contributed by atoms with Gasteiger partial charge in [0.25, 0.3) is 11.4 Å². The minimum Gasteiger partial charge on any atom is -0.497 e. The summed E-state index contributed by atoms with van der Waals surface area (Å²) in [6, 6.07) is 18.1. The van der Waals surface area contributed by atoms with E-state index in [1.807, 2.05) is 0 Å². The average Bonchev–Trinajstić information content (AvgIpc) is 2.84. The minimum absolute atomic E-state index is 0.167. The Morgan fingerprint density at radius 2 is 1.28 bits per heavy atom. The Kier molecular flexibility index (Phi) is 8.62. The number of carbonyl (C=O) groups excluding carboxylic acids is 2. The number of benzene rings is 3. The fourth-order valence-corrected chi connectivity index (χ4v) is 3.36. The van der Waals surface area contributed by atoms with Gasteiger partial charge in [-0.3, -0.25) is 34.7 Å². The molecule has 0 aliphatic carbocycles. The van der Waals surface area contributed by atoms with Crippen LogP contribution in [0.1, 0.15) is 5.56 Å². The number of amides is 2. The number of nitrogens with zero attached hydrogens (tertiary/aromatic N) is 3. The zero-order valence-corrected chi connectivity index (χ0v) is 19.2. The number of nitro benzene ring substituents is 2. The van der Waals surface area contributed by atoms with E-state index in [0.29, 0.717) is 5.75 Å². The van der Waals surface area contributed by atoms with Crippen LogP contribution in [0.3, 0.4) is 0 Å². The third-order valence-corrected chi connectivity index (χ3v) is 4.98. The molecule has 36 heavy (non-hydrogen) atoms. The van der Waals surface area contributed by atoms with Crippen molar-refractivity contribution in [3.8, 4) is 5.75 Å². The summed E-state index contributed by atoms with van der Waals surface area (Å²) >= 11 is 0. The lowest BCUT2D eigenvalue weighted by Crippen LogP contribution is -2.38. The first-order valence-corrected chi connectivity index (χ1v) is 10.7. The molecule has 12 nitrogen and oxygen atoms in total. The van der Waals surface area contributed by atoms with Gasteiger partial charge in [0, 0.05) is 42.2 Å². The van der Waals surface area contributed by atoms with Gasteiger partial charge >= 0.3 is 0 Å². The van der Waals surface area contributed by atoms with Crippen molar-refractivity contribution in [2.24, 2.45) is 0 Å². The third kappa shape index (κ3) is 7.60. The molecule has 3 aromatic rings. The van der Waals surface area contributed by atoms with Crippen molar-refractivity contribution in [3.63, 3.8) is 0 Å². The molecule has 0 aliphatic heterocycles. The maximum absolute atomic E-state index is 12.7. The molecular weight excluding hydrogens is 470 g/mol. The van der Waals surface area contributed by atoms with Gasteiger partial charge in [-0.05, 0) is 29.8 Å². The highest BCUT2D eigenvalue weighted by molar-refractivity contribution is 5.95. The van der Waals surface area contributed by atoms with Gasteiger partial charge in [-0.1, -0.05) is 24.3 Å². The van der Waals surface area contributed by atoms with Gasteiger partial charge in [0.2, 0.25) is 11.8 Å². The van der Waals surface area contributed by atoms with Crippen LogP contribution in [-0.2, 0) is 16.1 Å². The zero-order chi connectivity index (χ0) is 26.1. The number of anilines is 2. The highest BCUT2D eigenvalue weighted by Gasteiger charge is 2.17. The van der Waals surface area contributed by atoms with Crippen LogP contribution in [0.15, 0.2) is 72.8 Å². The summed E-state index contributed by atoms with van der Waals surface area (Å²) in [4.78, 5) is 47.8. The number of rotatable bonds is 11. The number of ether oxygens (including phenoxy) is 1. The van der Waals surface area contributed by atoms with E-state index in [9.17, 15) is 29.8 Å². The zero-order valence-electron chi connectivity index (χ0n) is 19.2. The summed E-state index contributed by atoms with van der Waals surface area (Å²) in [7, 11) is 1.54. The molecule has 0 unspecified atom stereocenters. The lowest BCUT2D eigenvalue weighted by molar-refractivity contribution is -0.385. The number of carbonyl (C=O) groups is 2. The van der Waals surface area contributed by atoms with Crippen LogP contribution >= 0.6 is 0 Å². The molecule has 2 N–H and O–H groups in total. The van der Waals surface area contributed by atoms with E-state index in [4.69, 9.17) is 4.74 Å². The van der Waals surface area contributed by atoms with Crippen molar-refractivity contribution in [1.82, 2.24) is 4.90 Å². The monoisotopic (exact) mass is 493 g/mol. The van der Waals surface area contributed by atoms with Crippen molar-refractivity contribution in [3.05, 3.63) is 98.6 Å². The Labute approximate surface area is 205 Å². The predicted octanol–water partition coefficient (Wildman–Crippen LogP) is 3.59. The number of nitrogens with one attached hydrogen (secondary N) is 2. The van der Waals surface area contributed by atoms with Crippen molar-refractivity contribution in [1.29, 1.82) is 0 Å². The Morgan fingerprint density at radius 1 is 0.806 bits per heavy atom. The Morgan fingerprint density at radius 3 is 1.69 bits per heavy atom. The second-order valence-electron chi connectivity index (χ2n) is 7.70. The lowest BCUT2D eigenvalue weighted by Gasteiger charge is -2.21. The molecule has 0 aromatic heterocycles. The lowest BCUT2D eigenvalue weighted by atomic mass is 10.2.